The second kappa shape index (κ2) is 14.4. The van der Waals surface area contributed by atoms with Gasteiger partial charge in [0.15, 0.2) is 0 Å². The van der Waals surface area contributed by atoms with E-state index >= 15 is 0 Å². The number of amides is 2. The van der Waals surface area contributed by atoms with Gasteiger partial charge < -0.3 is 15.0 Å². The summed E-state index contributed by atoms with van der Waals surface area (Å²) in [5, 5.41) is 3.66. The van der Waals surface area contributed by atoms with E-state index < -0.39 is 16.1 Å². The highest BCUT2D eigenvalue weighted by Crippen LogP contribution is 2.28. The number of benzene rings is 2. The van der Waals surface area contributed by atoms with E-state index in [2.05, 4.69) is 5.32 Å². The Morgan fingerprint density at radius 1 is 1.05 bits per heavy atom. The topological polar surface area (TPSA) is 96.0 Å². The van der Waals surface area contributed by atoms with Gasteiger partial charge in [0.2, 0.25) is 21.8 Å². The first kappa shape index (κ1) is 30.7. The molecule has 0 heterocycles. The summed E-state index contributed by atoms with van der Waals surface area (Å²) in [5.41, 5.74) is 1.03. The van der Waals surface area contributed by atoms with Crippen LogP contribution in [0.25, 0.3) is 0 Å². The summed E-state index contributed by atoms with van der Waals surface area (Å²) in [5.74, 6) is 0.0581. The molecule has 0 radical (unpaired) electrons. The molecule has 37 heavy (non-hydrogen) atoms. The lowest BCUT2D eigenvalue weighted by Gasteiger charge is -2.31. The van der Waals surface area contributed by atoms with Crippen molar-refractivity contribution in [3.63, 3.8) is 0 Å². The summed E-state index contributed by atoms with van der Waals surface area (Å²) in [4.78, 5) is 27.9. The van der Waals surface area contributed by atoms with Crippen LogP contribution in [0.2, 0.25) is 10.0 Å². The molecule has 11 heteroatoms. The summed E-state index contributed by atoms with van der Waals surface area (Å²) in [7, 11) is -2.06. The SMILES string of the molecule is CCCNC(=O)[C@@H](CC)N(Cc1c(Cl)cccc1Cl)C(=O)CCCN(c1ccc(OC)cc1)S(C)(=O)=O. The van der Waals surface area contributed by atoms with E-state index in [0.29, 0.717) is 40.0 Å². The molecule has 0 spiro atoms. The Morgan fingerprint density at radius 3 is 2.19 bits per heavy atom. The van der Waals surface area contributed by atoms with E-state index in [-0.39, 0.29) is 37.7 Å². The number of sulfonamides is 1. The zero-order chi connectivity index (χ0) is 27.6. The Balaban J connectivity index is 2.25. The normalized spacial score (nSPS) is 12.1. The lowest BCUT2D eigenvalue weighted by molar-refractivity contribution is -0.141. The van der Waals surface area contributed by atoms with E-state index in [4.69, 9.17) is 27.9 Å². The number of rotatable bonds is 14. The highest BCUT2D eigenvalue weighted by molar-refractivity contribution is 7.92. The van der Waals surface area contributed by atoms with Crippen molar-refractivity contribution >= 4 is 50.7 Å². The van der Waals surface area contributed by atoms with Crippen LogP contribution < -0.4 is 14.4 Å². The first-order valence-electron chi connectivity index (χ1n) is 12.1. The molecule has 8 nitrogen and oxygen atoms in total. The zero-order valence-electron chi connectivity index (χ0n) is 21.7. The molecular formula is C26H35Cl2N3O5S. The number of hydrogen-bond acceptors (Lipinski definition) is 5. The summed E-state index contributed by atoms with van der Waals surface area (Å²) < 4.78 is 31.3. The number of anilines is 1. The minimum Gasteiger partial charge on any atom is -0.497 e. The van der Waals surface area contributed by atoms with Crippen LogP contribution in [0.4, 0.5) is 5.69 Å². The average molecular weight is 573 g/mol. The van der Waals surface area contributed by atoms with Crippen LogP contribution in [-0.2, 0) is 26.2 Å². The molecule has 0 fully saturated rings. The molecule has 0 saturated carbocycles. The fraction of sp³-hybridized carbons (Fsp3) is 0.462. The summed E-state index contributed by atoms with van der Waals surface area (Å²) in [6, 6.07) is 11.0. The average Bonchev–Trinajstić information content (AvgIpc) is 2.86. The highest BCUT2D eigenvalue weighted by atomic mass is 35.5. The van der Waals surface area contributed by atoms with Gasteiger partial charge in [-0.15, -0.1) is 0 Å². The summed E-state index contributed by atoms with van der Waals surface area (Å²) >= 11 is 12.7. The van der Waals surface area contributed by atoms with Gasteiger partial charge >= 0.3 is 0 Å². The molecule has 0 aliphatic rings. The summed E-state index contributed by atoms with van der Waals surface area (Å²) in [6.07, 6.45) is 2.55. The maximum atomic E-state index is 13.5. The predicted octanol–water partition coefficient (Wildman–Crippen LogP) is 4.88. The highest BCUT2D eigenvalue weighted by Gasteiger charge is 2.29. The third-order valence-electron chi connectivity index (χ3n) is 5.84. The minimum atomic E-state index is -3.59. The van der Waals surface area contributed by atoms with E-state index in [9.17, 15) is 18.0 Å². The van der Waals surface area contributed by atoms with Crippen LogP contribution in [0, 0.1) is 0 Å². The van der Waals surface area contributed by atoms with Gasteiger partial charge in [0, 0.05) is 41.7 Å². The number of carbonyl (C=O) groups excluding carboxylic acids is 2. The molecule has 1 N–H and O–H groups in total. The molecule has 0 unspecified atom stereocenters. The van der Waals surface area contributed by atoms with E-state index in [1.807, 2.05) is 13.8 Å². The number of carbonyl (C=O) groups is 2. The van der Waals surface area contributed by atoms with Crippen molar-refractivity contribution in [3.05, 3.63) is 58.1 Å². The molecule has 204 valence electrons. The number of nitrogens with one attached hydrogen (secondary N) is 1. The second-order valence-corrected chi connectivity index (χ2v) is 11.3. The number of hydrogen-bond donors (Lipinski definition) is 1. The van der Waals surface area contributed by atoms with Crippen LogP contribution in [0.3, 0.4) is 0 Å². The van der Waals surface area contributed by atoms with Crippen LogP contribution in [0.1, 0.15) is 45.1 Å². The van der Waals surface area contributed by atoms with Crippen molar-refractivity contribution < 1.29 is 22.7 Å². The van der Waals surface area contributed by atoms with Crippen LogP contribution in [-0.4, -0.2) is 57.6 Å². The van der Waals surface area contributed by atoms with Gasteiger partial charge in [0.05, 0.1) is 19.1 Å². The van der Waals surface area contributed by atoms with Crippen molar-refractivity contribution in [2.75, 3.05) is 30.8 Å². The van der Waals surface area contributed by atoms with Crippen molar-refractivity contribution in [1.29, 1.82) is 0 Å². The third kappa shape index (κ3) is 8.79. The van der Waals surface area contributed by atoms with Gasteiger partial charge in [-0.3, -0.25) is 13.9 Å². The first-order valence-corrected chi connectivity index (χ1v) is 14.8. The minimum absolute atomic E-state index is 0.0296. The van der Waals surface area contributed by atoms with Crippen molar-refractivity contribution in [2.24, 2.45) is 0 Å². The molecule has 0 aliphatic heterocycles. The molecule has 2 rings (SSSR count). The van der Waals surface area contributed by atoms with Crippen molar-refractivity contribution in [3.8, 4) is 5.75 Å². The molecular weight excluding hydrogens is 537 g/mol. The van der Waals surface area contributed by atoms with E-state index in [1.54, 1.807) is 42.5 Å². The van der Waals surface area contributed by atoms with Gasteiger partial charge in [-0.05, 0) is 55.7 Å². The molecule has 0 aromatic heterocycles. The maximum Gasteiger partial charge on any atom is 0.242 e. The molecule has 0 bridgehead atoms. The summed E-state index contributed by atoms with van der Waals surface area (Å²) in [6.45, 7) is 4.43. The first-order chi connectivity index (χ1) is 17.5. The lowest BCUT2D eigenvalue weighted by Crippen LogP contribution is -2.49. The Morgan fingerprint density at radius 2 is 1.68 bits per heavy atom. The monoisotopic (exact) mass is 571 g/mol. The van der Waals surface area contributed by atoms with E-state index in [0.717, 1.165) is 12.7 Å². The maximum absolute atomic E-state index is 13.5. The Labute approximate surface area is 229 Å². The van der Waals surface area contributed by atoms with Gasteiger partial charge in [-0.2, -0.15) is 0 Å². The fourth-order valence-electron chi connectivity index (χ4n) is 3.89. The Hall–Kier alpha value is -2.49. The molecule has 1 atom stereocenters. The predicted molar refractivity (Wildman–Crippen MR) is 149 cm³/mol. The fourth-order valence-corrected chi connectivity index (χ4v) is 5.37. The van der Waals surface area contributed by atoms with Gasteiger partial charge in [-0.1, -0.05) is 43.1 Å². The van der Waals surface area contributed by atoms with Crippen molar-refractivity contribution in [2.45, 2.75) is 52.1 Å². The quantitative estimate of drug-likeness (QED) is 0.348. The molecule has 0 aliphatic carbocycles. The molecule has 2 aromatic rings. The Bertz CT molecular complexity index is 1140. The smallest absolute Gasteiger partial charge is 0.242 e. The number of halogens is 2. The van der Waals surface area contributed by atoms with Crippen LogP contribution >= 0.6 is 23.2 Å². The largest absolute Gasteiger partial charge is 0.497 e. The lowest BCUT2D eigenvalue weighted by atomic mass is 10.1. The number of nitrogens with zero attached hydrogens (tertiary/aromatic N) is 2. The zero-order valence-corrected chi connectivity index (χ0v) is 24.0. The van der Waals surface area contributed by atoms with Crippen LogP contribution in [0.15, 0.2) is 42.5 Å². The van der Waals surface area contributed by atoms with Gasteiger partial charge in [0.25, 0.3) is 0 Å². The Kier molecular flexibility index (Phi) is 12.0. The second-order valence-electron chi connectivity index (χ2n) is 8.57. The molecule has 2 aromatic carbocycles. The third-order valence-corrected chi connectivity index (χ3v) is 7.74. The van der Waals surface area contributed by atoms with Gasteiger partial charge in [-0.25, -0.2) is 8.42 Å². The standard InChI is InChI=1S/C26H35Cl2N3O5S/c1-5-16-29-26(33)24(6-2)30(18-21-22(27)9-7-10-23(21)28)25(32)11-8-17-31(37(4,34)35)19-12-14-20(36-3)15-13-19/h7,9-10,12-15,24H,5-6,8,11,16-18H2,1-4H3,(H,29,33)/t24-/m1/s1. The van der Waals surface area contributed by atoms with Crippen LogP contribution in [0.5, 0.6) is 5.75 Å². The molecule has 2 amide bonds. The van der Waals surface area contributed by atoms with Gasteiger partial charge in [0.1, 0.15) is 11.8 Å². The number of ether oxygens (including phenoxy) is 1. The number of methoxy groups -OCH3 is 1. The van der Waals surface area contributed by atoms with Crippen molar-refractivity contribution in [1.82, 2.24) is 10.2 Å². The van der Waals surface area contributed by atoms with E-state index in [1.165, 1.54) is 16.3 Å². The molecule has 0 saturated heterocycles.